The topological polar surface area (TPSA) is 60.2 Å². The van der Waals surface area contributed by atoms with Gasteiger partial charge in [0, 0.05) is 20.1 Å². The molecular weight excluding hydrogens is 206 g/mol. The fourth-order valence-electron chi connectivity index (χ4n) is 1.75. The Morgan fingerprint density at radius 1 is 1.50 bits per heavy atom. The number of nitrogens with zero attached hydrogens (tertiary/aromatic N) is 3. The lowest BCUT2D eigenvalue weighted by Crippen LogP contribution is -2.36. The first-order chi connectivity index (χ1) is 7.56. The Morgan fingerprint density at radius 3 is 2.62 bits per heavy atom. The molecule has 5 heteroatoms. The van der Waals surface area contributed by atoms with Crippen LogP contribution in [0, 0.1) is 5.92 Å². The summed E-state index contributed by atoms with van der Waals surface area (Å²) in [6.07, 6.45) is 1.27. The first-order valence-electron chi connectivity index (χ1n) is 5.68. The second kappa shape index (κ2) is 5.96. The molecule has 0 fully saturated rings. The van der Waals surface area contributed by atoms with Crippen molar-refractivity contribution in [1.82, 2.24) is 14.8 Å². The minimum absolute atomic E-state index is 0.151. The molecule has 16 heavy (non-hydrogen) atoms. The number of aromatic nitrogens is 3. The van der Waals surface area contributed by atoms with Crippen molar-refractivity contribution in [2.45, 2.75) is 39.4 Å². The lowest BCUT2D eigenvalue weighted by molar-refractivity contribution is -0.0571. The van der Waals surface area contributed by atoms with Crippen LogP contribution >= 0.6 is 0 Å². The van der Waals surface area contributed by atoms with Gasteiger partial charge >= 0.3 is 0 Å². The highest BCUT2D eigenvalue weighted by molar-refractivity contribution is 4.89. The number of aliphatic hydroxyl groups is 1. The van der Waals surface area contributed by atoms with Gasteiger partial charge in [-0.05, 0) is 12.8 Å². The van der Waals surface area contributed by atoms with E-state index >= 15 is 0 Å². The van der Waals surface area contributed by atoms with Crippen molar-refractivity contribution >= 4 is 0 Å². The van der Waals surface area contributed by atoms with Gasteiger partial charge in [0.2, 0.25) is 0 Å². The number of hydrogen-bond acceptors (Lipinski definition) is 4. The van der Waals surface area contributed by atoms with Crippen LogP contribution in [0.15, 0.2) is 6.33 Å². The van der Waals surface area contributed by atoms with E-state index in [1.54, 1.807) is 4.68 Å². The molecule has 1 rings (SSSR count). The van der Waals surface area contributed by atoms with Crippen LogP contribution < -0.4 is 0 Å². The summed E-state index contributed by atoms with van der Waals surface area (Å²) in [6, 6.07) is 0. The van der Waals surface area contributed by atoms with Crippen molar-refractivity contribution < 1.29 is 9.84 Å². The summed E-state index contributed by atoms with van der Waals surface area (Å²) in [6.45, 7) is 6.63. The molecule has 0 amide bonds. The molecule has 0 aromatic carbocycles. The molecule has 2 unspecified atom stereocenters. The smallest absolute Gasteiger partial charge is 0.138 e. The van der Waals surface area contributed by atoms with E-state index in [0.29, 0.717) is 13.0 Å². The summed E-state index contributed by atoms with van der Waals surface area (Å²) in [4.78, 5) is 4.09. The van der Waals surface area contributed by atoms with Crippen molar-refractivity contribution in [3.05, 3.63) is 12.2 Å². The van der Waals surface area contributed by atoms with E-state index < -0.39 is 6.10 Å². The van der Waals surface area contributed by atoms with Gasteiger partial charge in [-0.3, -0.25) is 4.68 Å². The van der Waals surface area contributed by atoms with E-state index in [1.807, 2.05) is 27.8 Å². The van der Waals surface area contributed by atoms with Gasteiger partial charge in [-0.15, -0.1) is 0 Å². The molecule has 0 aliphatic rings. The monoisotopic (exact) mass is 227 g/mol. The van der Waals surface area contributed by atoms with Crippen molar-refractivity contribution in [2.75, 3.05) is 6.61 Å². The van der Waals surface area contributed by atoms with E-state index in [9.17, 15) is 5.11 Å². The Bertz CT molecular complexity index is 312. The molecule has 1 heterocycles. The van der Waals surface area contributed by atoms with Gasteiger partial charge < -0.3 is 9.84 Å². The van der Waals surface area contributed by atoms with Crippen LogP contribution in [0.25, 0.3) is 0 Å². The SMILES string of the molecule is CCOC(C(C)C)C(O)Cc1ncnn1C. The van der Waals surface area contributed by atoms with Gasteiger partial charge in [0.1, 0.15) is 12.2 Å². The molecule has 0 saturated carbocycles. The molecule has 0 aliphatic heterocycles. The van der Waals surface area contributed by atoms with E-state index in [0.717, 1.165) is 5.82 Å². The molecule has 5 nitrogen and oxygen atoms in total. The molecule has 2 atom stereocenters. The first-order valence-corrected chi connectivity index (χ1v) is 5.68. The summed E-state index contributed by atoms with van der Waals surface area (Å²) in [5.74, 6) is 1.06. The summed E-state index contributed by atoms with van der Waals surface area (Å²) in [5, 5.41) is 14.1. The summed E-state index contributed by atoms with van der Waals surface area (Å²) >= 11 is 0. The molecule has 0 aliphatic carbocycles. The van der Waals surface area contributed by atoms with Gasteiger partial charge in [-0.1, -0.05) is 13.8 Å². The average Bonchev–Trinajstić information content (AvgIpc) is 2.60. The van der Waals surface area contributed by atoms with Crippen molar-refractivity contribution in [2.24, 2.45) is 13.0 Å². The van der Waals surface area contributed by atoms with Gasteiger partial charge in [-0.2, -0.15) is 5.10 Å². The van der Waals surface area contributed by atoms with E-state index in [-0.39, 0.29) is 12.0 Å². The number of ether oxygens (including phenoxy) is 1. The summed E-state index contributed by atoms with van der Waals surface area (Å²) in [5.41, 5.74) is 0. The number of rotatable bonds is 6. The summed E-state index contributed by atoms with van der Waals surface area (Å²) in [7, 11) is 1.82. The van der Waals surface area contributed by atoms with Crippen molar-refractivity contribution in [3.63, 3.8) is 0 Å². The molecule has 92 valence electrons. The van der Waals surface area contributed by atoms with Crippen molar-refractivity contribution in [1.29, 1.82) is 0 Å². The Labute approximate surface area is 96.5 Å². The number of aryl methyl sites for hydroxylation is 1. The number of aliphatic hydroxyl groups excluding tert-OH is 1. The van der Waals surface area contributed by atoms with Gasteiger partial charge in [-0.25, -0.2) is 4.98 Å². The normalized spacial score (nSPS) is 15.4. The third-order valence-corrected chi connectivity index (χ3v) is 2.59. The average molecular weight is 227 g/mol. The molecule has 1 aromatic rings. The fraction of sp³-hybridized carbons (Fsp3) is 0.818. The zero-order chi connectivity index (χ0) is 12.1. The van der Waals surface area contributed by atoms with Crippen LogP contribution in [0.1, 0.15) is 26.6 Å². The third-order valence-electron chi connectivity index (χ3n) is 2.59. The molecule has 0 radical (unpaired) electrons. The Hall–Kier alpha value is -0.940. The minimum Gasteiger partial charge on any atom is -0.390 e. The molecule has 0 spiro atoms. The lowest BCUT2D eigenvalue weighted by Gasteiger charge is -2.25. The maximum Gasteiger partial charge on any atom is 0.138 e. The van der Waals surface area contributed by atoms with E-state index in [1.165, 1.54) is 6.33 Å². The second-order valence-electron chi connectivity index (χ2n) is 4.24. The predicted octanol–water partition coefficient (Wildman–Crippen LogP) is 0.780. The van der Waals surface area contributed by atoms with Crippen LogP contribution in [-0.4, -0.2) is 38.7 Å². The van der Waals surface area contributed by atoms with Crippen LogP contribution in [0.2, 0.25) is 0 Å². The summed E-state index contributed by atoms with van der Waals surface area (Å²) < 4.78 is 7.22. The highest BCUT2D eigenvalue weighted by atomic mass is 16.5. The van der Waals surface area contributed by atoms with Gasteiger partial charge in [0.25, 0.3) is 0 Å². The molecule has 0 saturated heterocycles. The maximum atomic E-state index is 10.1. The molecule has 1 aromatic heterocycles. The maximum absolute atomic E-state index is 10.1. The molecular formula is C11H21N3O2. The Balaban J connectivity index is 2.62. The third kappa shape index (κ3) is 3.28. The zero-order valence-electron chi connectivity index (χ0n) is 10.4. The molecule has 1 N–H and O–H groups in total. The highest BCUT2D eigenvalue weighted by Crippen LogP contribution is 2.14. The van der Waals surface area contributed by atoms with Gasteiger partial charge in [0.15, 0.2) is 0 Å². The largest absolute Gasteiger partial charge is 0.390 e. The van der Waals surface area contributed by atoms with Crippen LogP contribution in [0.5, 0.6) is 0 Å². The Kier molecular flexibility index (Phi) is 4.89. The Morgan fingerprint density at radius 2 is 2.19 bits per heavy atom. The number of hydrogen-bond donors (Lipinski definition) is 1. The van der Waals surface area contributed by atoms with Crippen LogP contribution in [-0.2, 0) is 18.2 Å². The first kappa shape index (κ1) is 13.1. The van der Waals surface area contributed by atoms with Crippen LogP contribution in [0.3, 0.4) is 0 Å². The quantitative estimate of drug-likeness (QED) is 0.780. The second-order valence-corrected chi connectivity index (χ2v) is 4.24. The standard InChI is InChI=1S/C11H21N3O2/c1-5-16-11(8(2)3)9(15)6-10-12-7-13-14(10)4/h7-9,11,15H,5-6H2,1-4H3. The van der Waals surface area contributed by atoms with Gasteiger partial charge in [0.05, 0.1) is 12.2 Å². The predicted molar refractivity (Wildman–Crippen MR) is 61.0 cm³/mol. The highest BCUT2D eigenvalue weighted by Gasteiger charge is 2.24. The fourth-order valence-corrected chi connectivity index (χ4v) is 1.75. The van der Waals surface area contributed by atoms with E-state index in [2.05, 4.69) is 10.1 Å². The molecule has 0 bridgehead atoms. The van der Waals surface area contributed by atoms with Crippen LogP contribution in [0.4, 0.5) is 0 Å². The lowest BCUT2D eigenvalue weighted by atomic mass is 9.99. The zero-order valence-corrected chi connectivity index (χ0v) is 10.4. The van der Waals surface area contributed by atoms with Crippen molar-refractivity contribution in [3.8, 4) is 0 Å². The minimum atomic E-state index is -0.539. The van der Waals surface area contributed by atoms with E-state index in [4.69, 9.17) is 4.74 Å².